The summed E-state index contributed by atoms with van der Waals surface area (Å²) in [5.74, 6) is 2.00. The molecule has 0 spiro atoms. The number of carbonyl (C=O) groups excluding carboxylic acids is 2. The van der Waals surface area contributed by atoms with Crippen LogP contribution in [0.5, 0.6) is 17.2 Å². The van der Waals surface area contributed by atoms with Crippen LogP contribution in [0.15, 0.2) is 60.0 Å². The molecule has 2 heterocycles. The molecule has 2 atom stereocenters. The van der Waals surface area contributed by atoms with Crippen molar-refractivity contribution in [1.29, 1.82) is 0 Å². The van der Waals surface area contributed by atoms with Gasteiger partial charge in [0.2, 0.25) is 5.91 Å². The van der Waals surface area contributed by atoms with Crippen LogP contribution < -0.4 is 14.2 Å². The van der Waals surface area contributed by atoms with E-state index in [1.54, 1.807) is 54.7 Å². The molecular weight excluding hydrogens is 500 g/mol. The summed E-state index contributed by atoms with van der Waals surface area (Å²) in [5, 5.41) is 2.07. The zero-order valence-electron chi connectivity index (χ0n) is 22.5. The monoisotopic (exact) mass is 536 g/mol. The average Bonchev–Trinajstić information content (AvgIpc) is 3.44. The molecule has 3 aromatic rings. The number of amides is 2. The van der Waals surface area contributed by atoms with Gasteiger partial charge in [-0.2, -0.15) is 0 Å². The number of ether oxygens (including phenoxy) is 3. The molecule has 0 bridgehead atoms. The van der Waals surface area contributed by atoms with Gasteiger partial charge in [0.15, 0.2) is 11.5 Å². The van der Waals surface area contributed by atoms with Crippen LogP contribution >= 0.6 is 11.3 Å². The third-order valence-electron chi connectivity index (χ3n) is 7.06. The van der Waals surface area contributed by atoms with Crippen molar-refractivity contribution in [2.45, 2.75) is 32.7 Å². The summed E-state index contributed by atoms with van der Waals surface area (Å²) < 4.78 is 16.9. The minimum absolute atomic E-state index is 0.0137. The van der Waals surface area contributed by atoms with Crippen LogP contribution in [0.3, 0.4) is 0 Å². The number of benzene rings is 2. The van der Waals surface area contributed by atoms with Crippen molar-refractivity contribution in [3.05, 3.63) is 76.0 Å². The second-order valence-corrected chi connectivity index (χ2v) is 10.5. The normalized spacial score (nSPS) is 15.4. The first kappa shape index (κ1) is 27.5. The molecular formula is C30H36N2O5S. The van der Waals surface area contributed by atoms with Gasteiger partial charge in [0.05, 0.1) is 20.3 Å². The van der Waals surface area contributed by atoms with Gasteiger partial charge in [-0.25, -0.2) is 0 Å². The summed E-state index contributed by atoms with van der Waals surface area (Å²) in [6.45, 7) is 5.60. The summed E-state index contributed by atoms with van der Waals surface area (Å²) in [6, 6.07) is 16.4. The molecule has 0 fully saturated rings. The van der Waals surface area contributed by atoms with Gasteiger partial charge in [0.1, 0.15) is 18.9 Å². The SMILES string of the molecule is CCC(C)CN(CC(=O)N1CCc2sccc2C1COc1ccccc1OC)C(=O)c1ccc(OC)cc1. The summed E-state index contributed by atoms with van der Waals surface area (Å²) in [5.41, 5.74) is 1.65. The first-order valence-electron chi connectivity index (χ1n) is 13.0. The molecule has 4 rings (SSSR count). The van der Waals surface area contributed by atoms with Crippen LogP contribution in [0.25, 0.3) is 0 Å². The van der Waals surface area contributed by atoms with E-state index in [4.69, 9.17) is 14.2 Å². The van der Waals surface area contributed by atoms with Crippen molar-refractivity contribution >= 4 is 23.2 Å². The van der Waals surface area contributed by atoms with Gasteiger partial charge < -0.3 is 24.0 Å². The molecule has 2 unspecified atom stereocenters. The number of hydrogen-bond donors (Lipinski definition) is 0. The fourth-order valence-corrected chi connectivity index (χ4v) is 5.60. The Labute approximate surface area is 228 Å². The Morgan fingerprint density at radius 1 is 1.05 bits per heavy atom. The molecule has 38 heavy (non-hydrogen) atoms. The predicted octanol–water partition coefficient (Wildman–Crippen LogP) is 5.46. The molecule has 2 aromatic carbocycles. The number of carbonyl (C=O) groups is 2. The molecule has 8 heteroatoms. The maximum atomic E-state index is 13.8. The lowest BCUT2D eigenvalue weighted by Crippen LogP contribution is -2.48. The van der Waals surface area contributed by atoms with Gasteiger partial charge in [0.25, 0.3) is 5.91 Å². The number of rotatable bonds is 11. The highest BCUT2D eigenvalue weighted by atomic mass is 32.1. The summed E-state index contributed by atoms with van der Waals surface area (Å²) >= 11 is 1.71. The van der Waals surface area contributed by atoms with Gasteiger partial charge in [-0.1, -0.05) is 32.4 Å². The smallest absolute Gasteiger partial charge is 0.254 e. The van der Waals surface area contributed by atoms with E-state index >= 15 is 0 Å². The highest BCUT2D eigenvalue weighted by Gasteiger charge is 2.34. The van der Waals surface area contributed by atoms with Crippen LogP contribution in [0.2, 0.25) is 0 Å². The highest BCUT2D eigenvalue weighted by Crippen LogP contribution is 2.35. The van der Waals surface area contributed by atoms with Gasteiger partial charge in [-0.3, -0.25) is 9.59 Å². The Morgan fingerprint density at radius 2 is 1.79 bits per heavy atom. The third-order valence-corrected chi connectivity index (χ3v) is 8.06. The number of para-hydroxylation sites is 2. The molecule has 0 saturated carbocycles. The topological polar surface area (TPSA) is 68.3 Å². The lowest BCUT2D eigenvalue weighted by atomic mass is 10.00. The quantitative estimate of drug-likeness (QED) is 0.326. The zero-order chi connectivity index (χ0) is 27.1. The maximum Gasteiger partial charge on any atom is 0.254 e. The van der Waals surface area contributed by atoms with Crippen molar-refractivity contribution in [2.24, 2.45) is 5.92 Å². The largest absolute Gasteiger partial charge is 0.497 e. The molecule has 1 aliphatic heterocycles. The van der Waals surface area contributed by atoms with Crippen LogP contribution in [0.1, 0.15) is 47.1 Å². The van der Waals surface area contributed by atoms with Crippen LogP contribution in [0.4, 0.5) is 0 Å². The Bertz CT molecular complexity index is 1230. The summed E-state index contributed by atoms with van der Waals surface area (Å²) in [4.78, 5) is 32.2. The van der Waals surface area contributed by atoms with Crippen molar-refractivity contribution in [2.75, 3.05) is 40.5 Å². The molecule has 0 N–H and O–H groups in total. The standard InChI is InChI=1S/C30H36N2O5S/c1-5-21(2)18-31(30(34)22-10-12-23(35-3)13-11-22)19-29(33)32-16-14-28-24(15-17-38-28)25(32)20-37-27-9-7-6-8-26(27)36-4/h6-13,15,17,21,25H,5,14,16,18-20H2,1-4H3. The van der Waals surface area contributed by atoms with Crippen LogP contribution in [-0.2, 0) is 11.2 Å². The molecule has 202 valence electrons. The average molecular weight is 537 g/mol. The second-order valence-electron chi connectivity index (χ2n) is 9.54. The van der Waals surface area contributed by atoms with Crippen molar-refractivity contribution in [3.63, 3.8) is 0 Å². The second kappa shape index (κ2) is 12.8. The molecule has 7 nitrogen and oxygen atoms in total. The molecule has 1 aromatic heterocycles. The van der Waals surface area contributed by atoms with Gasteiger partial charge in [-0.05, 0) is 65.7 Å². The number of methoxy groups -OCH3 is 2. The Kier molecular flexibility index (Phi) is 9.29. The Hall–Kier alpha value is -3.52. The summed E-state index contributed by atoms with van der Waals surface area (Å²) in [6.07, 6.45) is 1.71. The Balaban J connectivity index is 1.55. The number of nitrogens with zero attached hydrogens (tertiary/aromatic N) is 2. The van der Waals surface area contributed by atoms with Crippen LogP contribution in [0, 0.1) is 5.92 Å². The number of thiophene rings is 1. The minimum Gasteiger partial charge on any atom is -0.497 e. The van der Waals surface area contributed by atoms with E-state index < -0.39 is 0 Å². The fourth-order valence-electron chi connectivity index (χ4n) is 4.68. The Morgan fingerprint density at radius 3 is 2.47 bits per heavy atom. The van der Waals surface area contributed by atoms with Crippen molar-refractivity contribution in [3.8, 4) is 17.2 Å². The first-order chi connectivity index (χ1) is 18.4. The molecule has 0 aliphatic carbocycles. The minimum atomic E-state index is -0.246. The number of hydrogen-bond acceptors (Lipinski definition) is 6. The lowest BCUT2D eigenvalue weighted by Gasteiger charge is -2.37. The van der Waals surface area contributed by atoms with Gasteiger partial charge in [0, 0.05) is 23.5 Å². The lowest BCUT2D eigenvalue weighted by molar-refractivity contribution is -0.135. The summed E-state index contributed by atoms with van der Waals surface area (Å²) in [7, 11) is 3.21. The van der Waals surface area contributed by atoms with Crippen molar-refractivity contribution < 1.29 is 23.8 Å². The molecule has 2 amide bonds. The number of fused-ring (bicyclic) bond motifs is 1. The van der Waals surface area contributed by atoms with Gasteiger partial charge >= 0.3 is 0 Å². The van der Waals surface area contributed by atoms with E-state index in [9.17, 15) is 9.59 Å². The first-order valence-corrected chi connectivity index (χ1v) is 13.9. The van der Waals surface area contributed by atoms with E-state index in [0.29, 0.717) is 42.5 Å². The molecule has 0 saturated heterocycles. The highest BCUT2D eigenvalue weighted by molar-refractivity contribution is 7.10. The van der Waals surface area contributed by atoms with Crippen molar-refractivity contribution in [1.82, 2.24) is 9.80 Å². The van der Waals surface area contributed by atoms with E-state index in [-0.39, 0.29) is 30.3 Å². The molecule has 1 aliphatic rings. The zero-order valence-corrected chi connectivity index (χ0v) is 23.3. The van der Waals surface area contributed by atoms with E-state index in [0.717, 1.165) is 18.4 Å². The third kappa shape index (κ3) is 6.30. The van der Waals surface area contributed by atoms with Crippen LogP contribution in [-0.4, -0.2) is 62.1 Å². The van der Waals surface area contributed by atoms with E-state index in [1.165, 1.54) is 4.88 Å². The predicted molar refractivity (Wildman–Crippen MR) is 149 cm³/mol. The maximum absolute atomic E-state index is 13.8. The van der Waals surface area contributed by atoms with E-state index in [2.05, 4.69) is 25.3 Å². The van der Waals surface area contributed by atoms with Gasteiger partial charge in [-0.15, -0.1) is 11.3 Å². The van der Waals surface area contributed by atoms with E-state index in [1.807, 2.05) is 29.2 Å². The molecule has 0 radical (unpaired) electrons. The fraction of sp³-hybridized carbons (Fsp3) is 0.400.